The number of rotatable bonds is 9. The van der Waals surface area contributed by atoms with Crippen LogP contribution in [0.5, 0.6) is 0 Å². The summed E-state index contributed by atoms with van der Waals surface area (Å²) in [6, 6.07) is 0. The van der Waals surface area contributed by atoms with Crippen molar-refractivity contribution in [3.63, 3.8) is 0 Å². The summed E-state index contributed by atoms with van der Waals surface area (Å²) in [5.41, 5.74) is 0. The van der Waals surface area contributed by atoms with E-state index < -0.39 is 6.16 Å². The molecule has 3 unspecified atom stereocenters. The predicted octanol–water partition coefficient (Wildman–Crippen LogP) is 5.35. The molecule has 0 aliphatic rings. The lowest BCUT2D eigenvalue weighted by Crippen LogP contribution is -2.31. The molecule has 0 rings (SSSR count). The van der Waals surface area contributed by atoms with E-state index >= 15 is 0 Å². The molecular weight excluding hydrogens is 252 g/mol. The summed E-state index contributed by atoms with van der Waals surface area (Å²) in [6.45, 7) is 12.5. The molecule has 3 nitrogen and oxygen atoms in total. The van der Waals surface area contributed by atoms with Crippen LogP contribution in [0.4, 0.5) is 4.79 Å². The van der Waals surface area contributed by atoms with Gasteiger partial charge in [-0.15, -0.1) is 0 Å². The van der Waals surface area contributed by atoms with Crippen LogP contribution in [0.25, 0.3) is 0 Å². The molecule has 0 amide bonds. The van der Waals surface area contributed by atoms with E-state index in [2.05, 4.69) is 46.8 Å². The van der Waals surface area contributed by atoms with E-state index in [0.29, 0.717) is 11.8 Å². The van der Waals surface area contributed by atoms with Crippen molar-refractivity contribution in [3.05, 3.63) is 12.2 Å². The second-order valence-corrected chi connectivity index (χ2v) is 5.73. The number of carbonyl (C=O) groups excluding carboxylic acids is 1. The molecule has 0 radical (unpaired) electrons. The van der Waals surface area contributed by atoms with Crippen LogP contribution < -0.4 is 0 Å². The highest BCUT2D eigenvalue weighted by molar-refractivity contribution is 5.60. The SMILES string of the molecule is CC/C=C\CC(CC)OC(=O)OC(C(C)C)C(C)CC. The quantitative estimate of drug-likeness (QED) is 0.423. The first-order chi connectivity index (χ1) is 9.46. The van der Waals surface area contributed by atoms with Gasteiger partial charge in [-0.05, 0) is 24.7 Å². The molecule has 0 saturated heterocycles. The van der Waals surface area contributed by atoms with Crippen LogP contribution in [0.3, 0.4) is 0 Å². The van der Waals surface area contributed by atoms with Crippen LogP contribution in [-0.2, 0) is 9.47 Å². The number of ether oxygens (including phenoxy) is 2. The Morgan fingerprint density at radius 2 is 1.65 bits per heavy atom. The third-order valence-corrected chi connectivity index (χ3v) is 3.61. The summed E-state index contributed by atoms with van der Waals surface area (Å²) >= 11 is 0. The van der Waals surface area contributed by atoms with Gasteiger partial charge in [-0.1, -0.05) is 60.1 Å². The van der Waals surface area contributed by atoms with Crippen molar-refractivity contribution >= 4 is 6.16 Å². The van der Waals surface area contributed by atoms with Gasteiger partial charge in [0.15, 0.2) is 0 Å². The van der Waals surface area contributed by atoms with Gasteiger partial charge in [0, 0.05) is 6.42 Å². The number of hydrogen-bond acceptors (Lipinski definition) is 3. The summed E-state index contributed by atoms with van der Waals surface area (Å²) in [7, 11) is 0. The molecule has 0 aromatic heterocycles. The molecule has 3 atom stereocenters. The molecule has 3 heteroatoms. The smallest absolute Gasteiger partial charge is 0.431 e. The third-order valence-electron chi connectivity index (χ3n) is 3.61. The highest BCUT2D eigenvalue weighted by Gasteiger charge is 2.25. The van der Waals surface area contributed by atoms with E-state index in [1.54, 1.807) is 0 Å². The Balaban J connectivity index is 4.38. The van der Waals surface area contributed by atoms with Gasteiger partial charge in [-0.3, -0.25) is 0 Å². The summed E-state index contributed by atoms with van der Waals surface area (Å²) in [5.74, 6) is 0.653. The Morgan fingerprint density at radius 1 is 1.00 bits per heavy atom. The normalized spacial score (nSPS) is 16.1. The molecule has 0 aromatic carbocycles. The van der Waals surface area contributed by atoms with Gasteiger partial charge in [0.1, 0.15) is 12.2 Å². The second kappa shape index (κ2) is 10.8. The van der Waals surface area contributed by atoms with Gasteiger partial charge in [0.25, 0.3) is 0 Å². The van der Waals surface area contributed by atoms with Crippen LogP contribution in [0, 0.1) is 11.8 Å². The van der Waals surface area contributed by atoms with Crippen molar-refractivity contribution in [2.75, 3.05) is 0 Å². The van der Waals surface area contributed by atoms with Gasteiger partial charge in [0.2, 0.25) is 0 Å². The Labute approximate surface area is 124 Å². The summed E-state index contributed by atoms with van der Waals surface area (Å²) in [5, 5.41) is 0. The van der Waals surface area contributed by atoms with Crippen molar-refractivity contribution in [3.8, 4) is 0 Å². The monoisotopic (exact) mass is 284 g/mol. The molecule has 20 heavy (non-hydrogen) atoms. The van der Waals surface area contributed by atoms with Crippen LogP contribution in [-0.4, -0.2) is 18.4 Å². The molecule has 0 spiro atoms. The van der Waals surface area contributed by atoms with E-state index in [-0.39, 0.29) is 12.2 Å². The number of allylic oxidation sites excluding steroid dienone is 1. The fourth-order valence-electron chi connectivity index (χ4n) is 2.13. The molecule has 0 aliphatic carbocycles. The van der Waals surface area contributed by atoms with E-state index in [4.69, 9.17) is 9.47 Å². The van der Waals surface area contributed by atoms with Crippen LogP contribution in [0.2, 0.25) is 0 Å². The average molecular weight is 284 g/mol. The highest BCUT2D eigenvalue weighted by atomic mass is 16.7. The molecule has 0 N–H and O–H groups in total. The first-order valence-corrected chi connectivity index (χ1v) is 7.98. The molecule has 0 fully saturated rings. The standard InChI is InChI=1S/C17H32O3/c1-7-10-11-12-15(9-3)19-17(18)20-16(13(4)5)14(6)8-2/h10-11,13-16H,7-9,12H2,1-6H3/b11-10-. The zero-order chi connectivity index (χ0) is 15.5. The fraction of sp³-hybridized carbons (Fsp3) is 0.824. The topological polar surface area (TPSA) is 35.5 Å². The summed E-state index contributed by atoms with van der Waals surface area (Å²) < 4.78 is 10.9. The minimum atomic E-state index is -0.527. The van der Waals surface area contributed by atoms with Crippen molar-refractivity contribution in [2.45, 2.75) is 79.4 Å². The number of carbonyl (C=O) groups is 1. The lowest BCUT2D eigenvalue weighted by Gasteiger charge is -2.27. The molecule has 118 valence electrons. The predicted molar refractivity (Wildman–Crippen MR) is 83.8 cm³/mol. The summed E-state index contributed by atoms with van der Waals surface area (Å²) in [6.07, 6.45) is 7.03. The van der Waals surface area contributed by atoms with Gasteiger partial charge in [-0.25, -0.2) is 4.79 Å². The Kier molecular flexibility index (Phi) is 10.2. The minimum Gasteiger partial charge on any atom is -0.431 e. The van der Waals surface area contributed by atoms with Gasteiger partial charge >= 0.3 is 6.16 Å². The molecule has 0 aliphatic heterocycles. The van der Waals surface area contributed by atoms with Gasteiger partial charge in [0.05, 0.1) is 0 Å². The number of hydrogen-bond donors (Lipinski definition) is 0. The van der Waals surface area contributed by atoms with Gasteiger partial charge < -0.3 is 9.47 Å². The van der Waals surface area contributed by atoms with Crippen molar-refractivity contribution in [2.24, 2.45) is 11.8 Å². The Morgan fingerprint density at radius 3 is 2.10 bits per heavy atom. The Hall–Kier alpha value is -0.990. The maximum atomic E-state index is 11.9. The molecule has 0 aromatic rings. The fourth-order valence-corrected chi connectivity index (χ4v) is 2.13. The van der Waals surface area contributed by atoms with E-state index in [9.17, 15) is 4.79 Å². The van der Waals surface area contributed by atoms with E-state index in [0.717, 1.165) is 25.7 Å². The molecular formula is C17H32O3. The zero-order valence-electron chi connectivity index (χ0n) is 14.0. The average Bonchev–Trinajstić information content (AvgIpc) is 2.42. The first kappa shape index (κ1) is 19.0. The maximum absolute atomic E-state index is 11.9. The van der Waals surface area contributed by atoms with Crippen LogP contribution in [0.15, 0.2) is 12.2 Å². The Bertz CT molecular complexity index is 284. The molecule has 0 bridgehead atoms. The van der Waals surface area contributed by atoms with E-state index in [1.807, 2.05) is 6.92 Å². The zero-order valence-corrected chi connectivity index (χ0v) is 14.0. The largest absolute Gasteiger partial charge is 0.508 e. The van der Waals surface area contributed by atoms with Crippen LogP contribution in [0.1, 0.15) is 67.2 Å². The molecule has 0 saturated carbocycles. The van der Waals surface area contributed by atoms with Crippen molar-refractivity contribution in [1.29, 1.82) is 0 Å². The van der Waals surface area contributed by atoms with Crippen molar-refractivity contribution < 1.29 is 14.3 Å². The summed E-state index contributed by atoms with van der Waals surface area (Å²) in [4.78, 5) is 11.9. The highest BCUT2D eigenvalue weighted by Crippen LogP contribution is 2.20. The minimum absolute atomic E-state index is 0.0730. The van der Waals surface area contributed by atoms with E-state index in [1.165, 1.54) is 0 Å². The van der Waals surface area contributed by atoms with Gasteiger partial charge in [-0.2, -0.15) is 0 Å². The first-order valence-electron chi connectivity index (χ1n) is 7.98. The van der Waals surface area contributed by atoms with Crippen molar-refractivity contribution in [1.82, 2.24) is 0 Å². The lowest BCUT2D eigenvalue weighted by molar-refractivity contribution is -0.0316. The van der Waals surface area contributed by atoms with Crippen LogP contribution >= 0.6 is 0 Å². The lowest BCUT2D eigenvalue weighted by atomic mass is 9.93. The second-order valence-electron chi connectivity index (χ2n) is 5.73. The maximum Gasteiger partial charge on any atom is 0.508 e. The third kappa shape index (κ3) is 7.56. The molecule has 0 heterocycles.